The van der Waals surface area contributed by atoms with Gasteiger partial charge in [-0.3, -0.25) is 4.79 Å². The molecule has 0 bridgehead atoms. The van der Waals surface area contributed by atoms with Crippen molar-refractivity contribution in [2.75, 3.05) is 13.2 Å². The van der Waals surface area contributed by atoms with Crippen molar-refractivity contribution < 1.29 is 23.7 Å². The van der Waals surface area contributed by atoms with E-state index < -0.39 is 23.8 Å². The normalized spacial score (nSPS) is 22.6. The minimum Gasteiger partial charge on any atom is -0.353 e. The highest BCUT2D eigenvalue weighted by Crippen LogP contribution is 2.37. The maximum Gasteiger partial charge on any atom is 0.181 e. The molecule has 170 valence electrons. The first-order valence-corrected chi connectivity index (χ1v) is 10.7. The molecule has 0 radical (unpaired) electrons. The van der Waals surface area contributed by atoms with E-state index in [1.54, 1.807) is 19.1 Å². The van der Waals surface area contributed by atoms with Gasteiger partial charge in [0.05, 0.1) is 0 Å². The van der Waals surface area contributed by atoms with Gasteiger partial charge in [-0.15, -0.1) is 0 Å². The first kappa shape index (κ1) is 28.3. The molecule has 4 atom stereocenters. The summed E-state index contributed by atoms with van der Waals surface area (Å²) in [5, 5.41) is 0. The van der Waals surface area contributed by atoms with Crippen LogP contribution < -0.4 is 0 Å². The van der Waals surface area contributed by atoms with Crippen LogP contribution in [0.1, 0.15) is 69.2 Å². The number of ether oxygens (including phenoxy) is 4. The summed E-state index contributed by atoms with van der Waals surface area (Å²) >= 11 is 0. The van der Waals surface area contributed by atoms with Gasteiger partial charge < -0.3 is 18.9 Å². The quantitative estimate of drug-likeness (QED) is 0.285. The zero-order chi connectivity index (χ0) is 23.5. The van der Waals surface area contributed by atoms with Crippen molar-refractivity contribution in [3.63, 3.8) is 0 Å². The van der Waals surface area contributed by atoms with Crippen molar-refractivity contribution in [3.8, 4) is 11.8 Å². The largest absolute Gasteiger partial charge is 0.353 e. The maximum absolute atomic E-state index is 12.3. The van der Waals surface area contributed by atoms with Gasteiger partial charge >= 0.3 is 0 Å². The third-order valence-electron chi connectivity index (χ3n) is 4.80. The Balaban J connectivity index is 0.00000407. The van der Waals surface area contributed by atoms with E-state index in [2.05, 4.69) is 18.4 Å². The Kier molecular flexibility index (Phi) is 12.1. The fourth-order valence-electron chi connectivity index (χ4n) is 3.03. The fourth-order valence-corrected chi connectivity index (χ4v) is 3.03. The zero-order valence-corrected chi connectivity index (χ0v) is 20.5. The summed E-state index contributed by atoms with van der Waals surface area (Å²) in [6, 6.07) is 0. The Morgan fingerprint density at radius 3 is 2.17 bits per heavy atom. The van der Waals surface area contributed by atoms with Crippen LogP contribution in [0.2, 0.25) is 0 Å². The zero-order valence-electron chi connectivity index (χ0n) is 20.5. The molecule has 4 unspecified atom stereocenters. The maximum atomic E-state index is 12.3. The molecule has 0 fully saturated rings. The van der Waals surface area contributed by atoms with E-state index in [0.717, 1.165) is 5.57 Å². The molecule has 5 nitrogen and oxygen atoms in total. The predicted octanol–water partition coefficient (Wildman–Crippen LogP) is 5.36. The number of carbonyl (C=O) groups excluding carboxylic acids is 1. The molecule has 1 aliphatic rings. The summed E-state index contributed by atoms with van der Waals surface area (Å²) < 4.78 is 23.2. The molecule has 0 aromatic carbocycles. The van der Waals surface area contributed by atoms with Gasteiger partial charge in [-0.1, -0.05) is 32.3 Å². The molecule has 30 heavy (non-hydrogen) atoms. The third-order valence-corrected chi connectivity index (χ3v) is 4.80. The summed E-state index contributed by atoms with van der Waals surface area (Å²) in [6.07, 6.45) is 2.26. The van der Waals surface area contributed by atoms with Crippen molar-refractivity contribution in [2.24, 2.45) is 0 Å². The molecule has 0 spiro atoms. The Labute approximate surface area is 183 Å². The van der Waals surface area contributed by atoms with Gasteiger partial charge in [0.2, 0.25) is 0 Å². The Bertz CT molecular complexity index is 709. The van der Waals surface area contributed by atoms with E-state index in [9.17, 15) is 4.79 Å². The number of hydrogen-bond donors (Lipinski definition) is 0. The van der Waals surface area contributed by atoms with Crippen molar-refractivity contribution in [1.82, 2.24) is 0 Å². The Morgan fingerprint density at radius 2 is 1.67 bits per heavy atom. The highest BCUT2D eigenvalue weighted by Gasteiger charge is 2.41. The molecule has 0 N–H and O–H groups in total. The molecule has 0 aromatic heterocycles. The van der Waals surface area contributed by atoms with Crippen LogP contribution in [0.5, 0.6) is 0 Å². The van der Waals surface area contributed by atoms with E-state index >= 15 is 0 Å². The second-order valence-electron chi connectivity index (χ2n) is 6.97. The fraction of sp³-hybridized carbons (Fsp3) is 0.640. The van der Waals surface area contributed by atoms with Gasteiger partial charge in [-0.05, 0) is 84.3 Å². The first-order chi connectivity index (χ1) is 14.0. The predicted molar refractivity (Wildman–Crippen MR) is 122 cm³/mol. The number of hydrogen-bond acceptors (Lipinski definition) is 5. The molecular weight excluding hydrogens is 380 g/mol. The lowest BCUT2D eigenvalue weighted by atomic mass is 9.79. The molecule has 1 aliphatic carbocycles. The second-order valence-corrected chi connectivity index (χ2v) is 6.97. The van der Waals surface area contributed by atoms with Gasteiger partial charge in [-0.25, -0.2) is 0 Å². The van der Waals surface area contributed by atoms with Gasteiger partial charge in [0.1, 0.15) is 5.60 Å². The van der Waals surface area contributed by atoms with Crippen LogP contribution in [0.4, 0.5) is 0 Å². The number of allylic oxidation sites excluding steroid dienone is 2. The SMILES string of the molecule is C=CC(C)(C#CC1(OC(C)OCC)C(C)=CC(=O)C(C)=C1C)OC(C)OCC.CC. The highest BCUT2D eigenvalue weighted by atomic mass is 16.7. The topological polar surface area (TPSA) is 54.0 Å². The van der Waals surface area contributed by atoms with Crippen LogP contribution >= 0.6 is 0 Å². The van der Waals surface area contributed by atoms with E-state index in [0.29, 0.717) is 24.4 Å². The Morgan fingerprint density at radius 1 is 1.13 bits per heavy atom. The van der Waals surface area contributed by atoms with Crippen molar-refractivity contribution in [3.05, 3.63) is 35.5 Å². The van der Waals surface area contributed by atoms with Crippen LogP contribution in [0.3, 0.4) is 0 Å². The molecule has 0 aliphatic heterocycles. The van der Waals surface area contributed by atoms with Crippen LogP contribution in [0.25, 0.3) is 0 Å². The van der Waals surface area contributed by atoms with Crippen LogP contribution in [-0.4, -0.2) is 42.8 Å². The lowest BCUT2D eigenvalue weighted by molar-refractivity contribution is -0.164. The first-order valence-electron chi connectivity index (χ1n) is 10.7. The Hall–Kier alpha value is -1.71. The molecule has 0 saturated carbocycles. The van der Waals surface area contributed by atoms with Gasteiger partial charge in [-0.2, -0.15) is 0 Å². The average molecular weight is 421 g/mol. The summed E-state index contributed by atoms with van der Waals surface area (Å²) in [7, 11) is 0. The summed E-state index contributed by atoms with van der Waals surface area (Å²) in [5.41, 5.74) is 0.0578. The lowest BCUT2D eigenvalue weighted by Gasteiger charge is -2.37. The van der Waals surface area contributed by atoms with Crippen LogP contribution in [0, 0.1) is 11.8 Å². The minimum atomic E-state index is -1.07. The second kappa shape index (κ2) is 12.9. The number of ketones is 1. The van der Waals surface area contributed by atoms with E-state index in [1.807, 2.05) is 62.3 Å². The van der Waals surface area contributed by atoms with Crippen molar-refractivity contribution >= 4 is 5.78 Å². The van der Waals surface area contributed by atoms with E-state index in [4.69, 9.17) is 18.9 Å². The molecule has 0 amide bonds. The van der Waals surface area contributed by atoms with Crippen molar-refractivity contribution in [1.29, 1.82) is 0 Å². The monoisotopic (exact) mass is 420 g/mol. The number of rotatable bonds is 9. The molecule has 0 aromatic rings. The third kappa shape index (κ3) is 7.21. The summed E-state index contributed by atoms with van der Waals surface area (Å²) in [4.78, 5) is 12.3. The minimum absolute atomic E-state index is 0.0345. The molecular formula is C25H40O5. The smallest absolute Gasteiger partial charge is 0.181 e. The lowest BCUT2D eigenvalue weighted by Crippen LogP contribution is -2.42. The van der Waals surface area contributed by atoms with Crippen molar-refractivity contribution in [2.45, 2.75) is 93.0 Å². The van der Waals surface area contributed by atoms with Gasteiger partial charge in [0.15, 0.2) is 24.0 Å². The summed E-state index contributed by atoms with van der Waals surface area (Å²) in [6.45, 7) is 23.7. The van der Waals surface area contributed by atoms with Gasteiger partial charge in [0, 0.05) is 13.2 Å². The molecule has 5 heteroatoms. The van der Waals surface area contributed by atoms with Crippen LogP contribution in [0.15, 0.2) is 35.5 Å². The molecule has 0 saturated heterocycles. The standard InChI is InChI=1S/C23H34O5.C2H6/c1-10-22(9,27-19(7)25-11-2)13-14-23(28-20(8)26-12-3)16(4)15-21(24)17(5)18(23)6;1-2/h10,15,19-20H,1,11-12H2,2-9H3;1-2H3. The molecule has 0 heterocycles. The summed E-state index contributed by atoms with van der Waals surface area (Å²) in [5.74, 6) is 6.35. The average Bonchev–Trinajstić information content (AvgIpc) is 2.70. The van der Waals surface area contributed by atoms with E-state index in [1.165, 1.54) is 0 Å². The number of carbonyl (C=O) groups is 1. The highest BCUT2D eigenvalue weighted by molar-refractivity contribution is 6.06. The van der Waals surface area contributed by atoms with E-state index in [-0.39, 0.29) is 5.78 Å². The van der Waals surface area contributed by atoms with Gasteiger partial charge in [0.25, 0.3) is 0 Å². The molecule has 1 rings (SSSR count). The van der Waals surface area contributed by atoms with Crippen LogP contribution in [-0.2, 0) is 23.7 Å².